The number of hydrogen-bond donors (Lipinski definition) is 2. The minimum atomic E-state index is -4.09. The van der Waals surface area contributed by atoms with Gasteiger partial charge in [0.05, 0.1) is 15.5 Å². The van der Waals surface area contributed by atoms with Crippen LogP contribution >= 0.6 is 0 Å². The molecule has 0 aliphatic heterocycles. The lowest BCUT2D eigenvalue weighted by Gasteiger charge is -2.10. The first kappa shape index (κ1) is 20.0. The van der Waals surface area contributed by atoms with Crippen molar-refractivity contribution in [3.8, 4) is 0 Å². The van der Waals surface area contributed by atoms with Crippen LogP contribution in [0.1, 0.15) is 10.4 Å². The van der Waals surface area contributed by atoms with Crippen LogP contribution in [-0.2, 0) is 10.0 Å². The van der Waals surface area contributed by atoms with Gasteiger partial charge in [-0.2, -0.15) is 0 Å². The zero-order valence-corrected chi connectivity index (χ0v) is 15.5. The molecule has 3 rings (SSSR count). The molecule has 0 unspecified atom stereocenters. The highest BCUT2D eigenvalue weighted by Crippen LogP contribution is 2.21. The summed E-state index contributed by atoms with van der Waals surface area (Å²) in [6.45, 7) is 0. The molecule has 1 amide bonds. The van der Waals surface area contributed by atoms with Crippen LogP contribution in [0.2, 0.25) is 0 Å². The van der Waals surface area contributed by atoms with Crippen LogP contribution in [0.5, 0.6) is 0 Å². The van der Waals surface area contributed by atoms with Gasteiger partial charge in [0.25, 0.3) is 21.6 Å². The Bertz CT molecular complexity index is 1180. The molecule has 8 nitrogen and oxygen atoms in total. The molecule has 0 aliphatic rings. The lowest BCUT2D eigenvalue weighted by molar-refractivity contribution is -0.384. The molecule has 10 heteroatoms. The Labute approximate surface area is 165 Å². The Morgan fingerprint density at radius 2 is 1.62 bits per heavy atom. The van der Waals surface area contributed by atoms with E-state index < -0.39 is 26.7 Å². The Morgan fingerprint density at radius 1 is 0.931 bits per heavy atom. The molecule has 3 aromatic carbocycles. The fourth-order valence-corrected chi connectivity index (χ4v) is 3.53. The van der Waals surface area contributed by atoms with Crippen molar-refractivity contribution in [2.24, 2.45) is 0 Å². The van der Waals surface area contributed by atoms with E-state index in [1.165, 1.54) is 66.7 Å². The predicted octanol–water partition coefficient (Wildman–Crippen LogP) is 3.79. The van der Waals surface area contributed by atoms with Gasteiger partial charge in [0.1, 0.15) is 5.82 Å². The van der Waals surface area contributed by atoms with Gasteiger partial charge in [-0.15, -0.1) is 0 Å². The molecular weight excluding hydrogens is 401 g/mol. The third-order valence-electron chi connectivity index (χ3n) is 3.82. The molecule has 0 spiro atoms. The van der Waals surface area contributed by atoms with Crippen LogP contribution in [-0.4, -0.2) is 19.2 Å². The molecule has 0 saturated carbocycles. The molecule has 0 heterocycles. The van der Waals surface area contributed by atoms with Crippen LogP contribution < -0.4 is 10.0 Å². The van der Waals surface area contributed by atoms with Gasteiger partial charge in [0.15, 0.2) is 0 Å². The topological polar surface area (TPSA) is 118 Å². The number of carbonyl (C=O) groups excluding carboxylic acids is 1. The van der Waals surface area contributed by atoms with Gasteiger partial charge >= 0.3 is 0 Å². The van der Waals surface area contributed by atoms with Crippen LogP contribution in [0.15, 0.2) is 77.7 Å². The Morgan fingerprint density at radius 3 is 2.31 bits per heavy atom. The molecule has 2 N–H and O–H groups in total. The van der Waals surface area contributed by atoms with Gasteiger partial charge in [-0.3, -0.25) is 19.6 Å². The maximum Gasteiger partial charge on any atom is 0.271 e. The number of non-ortho nitro benzene ring substituents is 1. The van der Waals surface area contributed by atoms with E-state index in [0.717, 1.165) is 6.07 Å². The van der Waals surface area contributed by atoms with E-state index in [0.29, 0.717) is 5.69 Å². The van der Waals surface area contributed by atoms with Crippen LogP contribution in [0.25, 0.3) is 0 Å². The molecular formula is C19H14FN3O5S. The number of nitro benzene ring substituents is 1. The minimum absolute atomic E-state index is 0.0142. The summed E-state index contributed by atoms with van der Waals surface area (Å²) in [7, 11) is -4.09. The lowest BCUT2D eigenvalue weighted by Crippen LogP contribution is -2.16. The molecule has 0 aliphatic carbocycles. The highest BCUT2D eigenvalue weighted by atomic mass is 32.2. The second-order valence-corrected chi connectivity index (χ2v) is 7.58. The molecule has 3 aromatic rings. The maximum atomic E-state index is 13.0. The molecule has 148 valence electrons. The van der Waals surface area contributed by atoms with E-state index in [9.17, 15) is 27.7 Å². The monoisotopic (exact) mass is 415 g/mol. The van der Waals surface area contributed by atoms with E-state index in [1.54, 1.807) is 0 Å². The first-order chi connectivity index (χ1) is 13.7. The summed E-state index contributed by atoms with van der Waals surface area (Å²) in [4.78, 5) is 22.4. The molecule has 0 fully saturated rings. The largest absolute Gasteiger partial charge is 0.322 e. The van der Waals surface area contributed by atoms with E-state index in [-0.39, 0.29) is 21.8 Å². The first-order valence-electron chi connectivity index (χ1n) is 8.19. The Kier molecular flexibility index (Phi) is 5.55. The van der Waals surface area contributed by atoms with Crippen molar-refractivity contribution >= 4 is 33.0 Å². The van der Waals surface area contributed by atoms with E-state index >= 15 is 0 Å². The van der Waals surface area contributed by atoms with Crippen molar-refractivity contribution in [2.75, 3.05) is 10.0 Å². The number of nitro groups is 1. The van der Waals surface area contributed by atoms with Gasteiger partial charge in [-0.25, -0.2) is 12.8 Å². The van der Waals surface area contributed by atoms with Gasteiger partial charge in [-0.05, 0) is 48.5 Å². The average Bonchev–Trinajstić information content (AvgIpc) is 2.69. The number of halogens is 1. The summed E-state index contributed by atoms with van der Waals surface area (Å²) in [5.74, 6) is -1.03. The van der Waals surface area contributed by atoms with Crippen molar-refractivity contribution in [3.63, 3.8) is 0 Å². The van der Waals surface area contributed by atoms with Crippen LogP contribution in [0.4, 0.5) is 21.5 Å². The smallest absolute Gasteiger partial charge is 0.271 e. The van der Waals surface area contributed by atoms with Gasteiger partial charge in [-0.1, -0.05) is 12.1 Å². The number of anilines is 2. The standard InChI is InChI=1S/C19H14FN3O5S/c20-14-7-9-15(10-8-14)21-19(24)13-3-1-6-18(11-13)29(27,28)22-16-4-2-5-17(12-16)23(25)26/h1-12,22H,(H,21,24). The predicted molar refractivity (Wildman–Crippen MR) is 105 cm³/mol. The number of benzene rings is 3. The molecule has 0 atom stereocenters. The first-order valence-corrected chi connectivity index (χ1v) is 9.67. The number of hydrogen-bond acceptors (Lipinski definition) is 5. The summed E-state index contributed by atoms with van der Waals surface area (Å²) >= 11 is 0. The number of nitrogens with zero attached hydrogens (tertiary/aromatic N) is 1. The van der Waals surface area contributed by atoms with Crippen molar-refractivity contribution in [1.29, 1.82) is 0 Å². The normalized spacial score (nSPS) is 10.9. The second-order valence-electron chi connectivity index (χ2n) is 5.90. The summed E-state index contributed by atoms with van der Waals surface area (Å²) in [5.41, 5.74) is 0.161. The molecule has 0 bridgehead atoms. The highest BCUT2D eigenvalue weighted by molar-refractivity contribution is 7.92. The fourth-order valence-electron chi connectivity index (χ4n) is 2.44. The zero-order chi connectivity index (χ0) is 21.0. The van der Waals surface area contributed by atoms with Crippen molar-refractivity contribution < 1.29 is 22.5 Å². The number of nitrogens with one attached hydrogen (secondary N) is 2. The average molecular weight is 415 g/mol. The molecule has 0 saturated heterocycles. The van der Waals surface area contributed by atoms with Crippen LogP contribution in [0.3, 0.4) is 0 Å². The molecule has 29 heavy (non-hydrogen) atoms. The quantitative estimate of drug-likeness (QED) is 0.469. The molecule has 0 radical (unpaired) electrons. The number of amides is 1. The van der Waals surface area contributed by atoms with Gasteiger partial charge in [0, 0.05) is 23.4 Å². The maximum absolute atomic E-state index is 13.0. The van der Waals surface area contributed by atoms with Gasteiger partial charge < -0.3 is 5.32 Å². The van der Waals surface area contributed by atoms with Crippen LogP contribution in [0, 0.1) is 15.9 Å². The SMILES string of the molecule is O=C(Nc1ccc(F)cc1)c1cccc(S(=O)(=O)Nc2cccc([N+](=O)[O-])c2)c1. The molecule has 0 aromatic heterocycles. The van der Waals surface area contributed by atoms with Gasteiger partial charge in [0.2, 0.25) is 0 Å². The van der Waals surface area contributed by atoms with Crippen molar-refractivity contribution in [3.05, 3.63) is 94.3 Å². The summed E-state index contributed by atoms with van der Waals surface area (Å²) in [6.07, 6.45) is 0. The summed E-state index contributed by atoms with van der Waals surface area (Å²) < 4.78 is 40.4. The number of sulfonamides is 1. The summed E-state index contributed by atoms with van der Waals surface area (Å²) in [6, 6.07) is 15.4. The number of carbonyl (C=O) groups is 1. The fraction of sp³-hybridized carbons (Fsp3) is 0. The van der Waals surface area contributed by atoms with E-state index in [2.05, 4.69) is 10.0 Å². The van der Waals surface area contributed by atoms with E-state index in [4.69, 9.17) is 0 Å². The highest BCUT2D eigenvalue weighted by Gasteiger charge is 2.18. The summed E-state index contributed by atoms with van der Waals surface area (Å²) in [5, 5.41) is 13.4. The van der Waals surface area contributed by atoms with Crippen molar-refractivity contribution in [1.82, 2.24) is 0 Å². The Balaban J connectivity index is 1.82. The minimum Gasteiger partial charge on any atom is -0.322 e. The second kappa shape index (κ2) is 8.07. The third-order valence-corrected chi connectivity index (χ3v) is 5.20. The lowest BCUT2D eigenvalue weighted by atomic mass is 10.2. The third kappa shape index (κ3) is 4.93. The Hall–Kier alpha value is -3.79. The van der Waals surface area contributed by atoms with E-state index in [1.807, 2.05) is 0 Å². The number of rotatable bonds is 6. The van der Waals surface area contributed by atoms with Crippen molar-refractivity contribution in [2.45, 2.75) is 4.90 Å². The zero-order valence-electron chi connectivity index (χ0n) is 14.7.